The van der Waals surface area contributed by atoms with Crippen LogP contribution < -0.4 is 16.0 Å². The lowest BCUT2D eigenvalue weighted by Gasteiger charge is -2.15. The Morgan fingerprint density at radius 1 is 1.20 bits per heavy atom. The van der Waals surface area contributed by atoms with Gasteiger partial charge in [-0.05, 0) is 36.8 Å². The summed E-state index contributed by atoms with van der Waals surface area (Å²) in [6.45, 7) is 0. The normalized spacial score (nSPS) is 15.6. The minimum atomic E-state index is -0.829. The third kappa shape index (κ3) is 4.15. The molecule has 1 aromatic heterocycles. The van der Waals surface area contributed by atoms with Crippen molar-refractivity contribution < 1.29 is 14.4 Å². The molecule has 152 valence electrons. The number of anilines is 2. The maximum atomic E-state index is 12.5. The minimum absolute atomic E-state index is 0.0119. The van der Waals surface area contributed by atoms with Crippen LogP contribution in [-0.2, 0) is 9.59 Å². The van der Waals surface area contributed by atoms with Crippen LogP contribution >= 0.6 is 11.6 Å². The molecule has 3 amide bonds. The average molecular weight is 425 g/mol. The summed E-state index contributed by atoms with van der Waals surface area (Å²) in [6, 6.07) is 10.9. The first-order chi connectivity index (χ1) is 14.5. The predicted octanol–water partition coefficient (Wildman–Crippen LogP) is 2.39. The SMILES string of the molecule is O=C(CC[C@@H]1NC(=O)c2ccccc2NC1=O)Nc1cc(Cl)ccc1-n1cncn1. The van der Waals surface area contributed by atoms with Crippen molar-refractivity contribution in [2.75, 3.05) is 10.6 Å². The van der Waals surface area contributed by atoms with Crippen LogP contribution in [0.25, 0.3) is 5.69 Å². The molecule has 1 aliphatic heterocycles. The van der Waals surface area contributed by atoms with Gasteiger partial charge in [0.1, 0.15) is 18.7 Å². The average Bonchev–Trinajstić information content (AvgIpc) is 3.22. The molecule has 9 nitrogen and oxygen atoms in total. The van der Waals surface area contributed by atoms with Gasteiger partial charge in [0.15, 0.2) is 0 Å². The van der Waals surface area contributed by atoms with E-state index in [-0.39, 0.29) is 30.6 Å². The summed E-state index contributed by atoms with van der Waals surface area (Å²) < 4.78 is 1.50. The highest BCUT2D eigenvalue weighted by Crippen LogP contribution is 2.24. The van der Waals surface area contributed by atoms with Gasteiger partial charge in [0.25, 0.3) is 5.91 Å². The van der Waals surface area contributed by atoms with E-state index in [0.29, 0.717) is 27.6 Å². The van der Waals surface area contributed by atoms with Crippen molar-refractivity contribution in [3.8, 4) is 5.69 Å². The van der Waals surface area contributed by atoms with E-state index >= 15 is 0 Å². The highest BCUT2D eigenvalue weighted by Gasteiger charge is 2.28. The quantitative estimate of drug-likeness (QED) is 0.581. The molecule has 2 aromatic carbocycles. The molecule has 0 saturated heterocycles. The zero-order valence-corrected chi connectivity index (χ0v) is 16.4. The van der Waals surface area contributed by atoms with Crippen LogP contribution in [0.15, 0.2) is 55.1 Å². The van der Waals surface area contributed by atoms with E-state index in [1.807, 2.05) is 0 Å². The number of hydrogen-bond donors (Lipinski definition) is 3. The van der Waals surface area contributed by atoms with Crippen LogP contribution in [0, 0.1) is 0 Å². The maximum Gasteiger partial charge on any atom is 0.254 e. The Morgan fingerprint density at radius 2 is 2.03 bits per heavy atom. The van der Waals surface area contributed by atoms with Crippen molar-refractivity contribution in [1.82, 2.24) is 20.1 Å². The van der Waals surface area contributed by atoms with Crippen LogP contribution in [-0.4, -0.2) is 38.5 Å². The number of hydrogen-bond acceptors (Lipinski definition) is 5. The topological polar surface area (TPSA) is 118 Å². The first-order valence-electron chi connectivity index (χ1n) is 9.16. The summed E-state index contributed by atoms with van der Waals surface area (Å²) in [6.07, 6.45) is 3.03. The molecule has 0 spiro atoms. The number of halogens is 1. The molecule has 4 rings (SSSR count). The molecule has 0 radical (unpaired) electrons. The van der Waals surface area contributed by atoms with Gasteiger partial charge in [0.2, 0.25) is 11.8 Å². The zero-order chi connectivity index (χ0) is 21.1. The van der Waals surface area contributed by atoms with Crippen LogP contribution in [0.3, 0.4) is 0 Å². The highest BCUT2D eigenvalue weighted by atomic mass is 35.5. The Balaban J connectivity index is 1.43. The number of aromatic nitrogens is 3. The fourth-order valence-corrected chi connectivity index (χ4v) is 3.32. The monoisotopic (exact) mass is 424 g/mol. The van der Waals surface area contributed by atoms with Gasteiger partial charge in [-0.25, -0.2) is 9.67 Å². The molecule has 0 saturated carbocycles. The van der Waals surface area contributed by atoms with Crippen LogP contribution in [0.4, 0.5) is 11.4 Å². The number of para-hydroxylation sites is 1. The number of nitrogens with one attached hydrogen (secondary N) is 3. The first-order valence-corrected chi connectivity index (χ1v) is 9.54. The number of rotatable bonds is 5. The summed E-state index contributed by atoms with van der Waals surface area (Å²) in [5, 5.41) is 12.7. The Morgan fingerprint density at radius 3 is 2.83 bits per heavy atom. The Labute approximate surface area is 176 Å². The van der Waals surface area contributed by atoms with Crippen molar-refractivity contribution in [2.45, 2.75) is 18.9 Å². The number of benzene rings is 2. The molecule has 0 fully saturated rings. The van der Waals surface area contributed by atoms with Crippen molar-refractivity contribution >= 4 is 40.7 Å². The second kappa shape index (κ2) is 8.34. The third-order valence-corrected chi connectivity index (χ3v) is 4.84. The van der Waals surface area contributed by atoms with Gasteiger partial charge in [-0.3, -0.25) is 14.4 Å². The second-order valence-corrected chi connectivity index (χ2v) is 7.09. The summed E-state index contributed by atoms with van der Waals surface area (Å²) in [7, 11) is 0. The van der Waals surface area contributed by atoms with Crippen molar-refractivity contribution in [3.05, 3.63) is 65.7 Å². The van der Waals surface area contributed by atoms with Crippen LogP contribution in [0.2, 0.25) is 5.02 Å². The van der Waals surface area contributed by atoms with Gasteiger partial charge in [0.05, 0.1) is 22.6 Å². The number of fused-ring (bicyclic) bond motifs is 1. The molecule has 0 aliphatic carbocycles. The van der Waals surface area contributed by atoms with E-state index in [4.69, 9.17) is 11.6 Å². The van der Waals surface area contributed by atoms with E-state index in [1.165, 1.54) is 17.3 Å². The summed E-state index contributed by atoms with van der Waals surface area (Å²) >= 11 is 6.06. The minimum Gasteiger partial charge on any atom is -0.340 e. The lowest BCUT2D eigenvalue weighted by Crippen LogP contribution is -2.41. The highest BCUT2D eigenvalue weighted by molar-refractivity contribution is 6.31. The van der Waals surface area contributed by atoms with Gasteiger partial charge in [-0.15, -0.1) is 0 Å². The largest absolute Gasteiger partial charge is 0.340 e. The van der Waals surface area contributed by atoms with Gasteiger partial charge < -0.3 is 16.0 Å². The van der Waals surface area contributed by atoms with Crippen molar-refractivity contribution in [2.24, 2.45) is 0 Å². The van der Waals surface area contributed by atoms with Gasteiger partial charge in [-0.2, -0.15) is 5.10 Å². The molecule has 1 aliphatic rings. The van der Waals surface area contributed by atoms with Gasteiger partial charge >= 0.3 is 0 Å². The predicted molar refractivity (Wildman–Crippen MR) is 111 cm³/mol. The smallest absolute Gasteiger partial charge is 0.254 e. The third-order valence-electron chi connectivity index (χ3n) is 4.61. The van der Waals surface area contributed by atoms with E-state index in [1.54, 1.807) is 42.5 Å². The lowest BCUT2D eigenvalue weighted by atomic mass is 10.1. The van der Waals surface area contributed by atoms with E-state index < -0.39 is 6.04 Å². The fraction of sp³-hybridized carbons (Fsp3) is 0.150. The summed E-state index contributed by atoms with van der Waals surface area (Å²) in [5.41, 5.74) is 1.89. The zero-order valence-electron chi connectivity index (χ0n) is 15.6. The Hall–Kier alpha value is -3.72. The molecule has 30 heavy (non-hydrogen) atoms. The molecule has 2 heterocycles. The molecule has 3 aromatic rings. The van der Waals surface area contributed by atoms with Crippen LogP contribution in [0.1, 0.15) is 23.2 Å². The number of nitrogens with zero attached hydrogens (tertiary/aromatic N) is 3. The van der Waals surface area contributed by atoms with Crippen molar-refractivity contribution in [3.63, 3.8) is 0 Å². The van der Waals surface area contributed by atoms with E-state index in [2.05, 4.69) is 26.0 Å². The standard InChI is InChI=1S/C20H17ClN6O3/c21-12-5-7-17(27-11-22-10-23-27)16(9-12)24-18(28)8-6-15-20(30)25-14-4-2-1-3-13(14)19(29)26-15/h1-5,7,9-11,15H,6,8H2,(H,24,28)(H,25,30)(H,26,29)/t15-/m0/s1. The van der Waals surface area contributed by atoms with Crippen LogP contribution in [0.5, 0.6) is 0 Å². The lowest BCUT2D eigenvalue weighted by molar-refractivity contribution is -0.118. The van der Waals surface area contributed by atoms with Gasteiger partial charge in [0, 0.05) is 11.4 Å². The number of amides is 3. The number of carbonyl (C=O) groups is 3. The molecular weight excluding hydrogens is 408 g/mol. The van der Waals surface area contributed by atoms with Gasteiger partial charge in [-0.1, -0.05) is 23.7 Å². The molecule has 10 heteroatoms. The molecule has 0 bridgehead atoms. The van der Waals surface area contributed by atoms with E-state index in [9.17, 15) is 14.4 Å². The first kappa shape index (κ1) is 19.6. The Bertz CT molecular complexity index is 1120. The Kier molecular flexibility index (Phi) is 5.44. The molecule has 1 atom stereocenters. The number of carbonyl (C=O) groups excluding carboxylic acids is 3. The maximum absolute atomic E-state index is 12.5. The summed E-state index contributed by atoms with van der Waals surface area (Å²) in [4.78, 5) is 41.3. The van der Waals surface area contributed by atoms with Crippen molar-refractivity contribution in [1.29, 1.82) is 0 Å². The fourth-order valence-electron chi connectivity index (χ4n) is 3.14. The second-order valence-electron chi connectivity index (χ2n) is 6.65. The van der Waals surface area contributed by atoms with E-state index in [0.717, 1.165) is 0 Å². The molecular formula is C20H17ClN6O3. The molecule has 0 unspecified atom stereocenters. The summed E-state index contributed by atoms with van der Waals surface area (Å²) in [5.74, 6) is -1.06. The molecule has 3 N–H and O–H groups in total.